The van der Waals surface area contributed by atoms with Gasteiger partial charge in [-0.1, -0.05) is 0 Å². The van der Waals surface area contributed by atoms with E-state index in [2.05, 4.69) is 5.32 Å². The largest absolute Gasteiger partial charge is 0.481 e. The van der Waals surface area contributed by atoms with E-state index < -0.39 is 24.5 Å². The quantitative estimate of drug-likeness (QED) is 0.563. The van der Waals surface area contributed by atoms with E-state index in [1.54, 1.807) is 0 Å². The lowest BCUT2D eigenvalue weighted by atomic mass is 10.2. The second kappa shape index (κ2) is 4.65. The first-order valence-corrected chi connectivity index (χ1v) is 3.16. The van der Waals surface area contributed by atoms with Gasteiger partial charge >= 0.3 is 5.97 Å². The first kappa shape index (κ1) is 9.87. The number of alkyl halides is 1. The molecule has 64 valence electrons. The van der Waals surface area contributed by atoms with Gasteiger partial charge in [0.05, 0.1) is 0 Å². The molecule has 0 heterocycles. The van der Waals surface area contributed by atoms with Gasteiger partial charge in [-0.05, 0) is 6.92 Å². The van der Waals surface area contributed by atoms with E-state index in [0.717, 1.165) is 0 Å². The summed E-state index contributed by atoms with van der Waals surface area (Å²) >= 11 is 0. The maximum Gasteiger partial charge on any atom is 0.315 e. The number of aliphatic carboxylic acids is 1. The molecular formula is C6H10FNO3. The maximum atomic E-state index is 11.5. The van der Waals surface area contributed by atoms with E-state index in [1.165, 1.54) is 6.92 Å². The highest BCUT2D eigenvalue weighted by Crippen LogP contribution is 1.93. The van der Waals surface area contributed by atoms with Gasteiger partial charge in [0.1, 0.15) is 12.6 Å². The SMILES string of the molecule is CC(C(=O)O)C(=O)NCCF. The minimum absolute atomic E-state index is 0.129. The first-order valence-electron chi connectivity index (χ1n) is 3.16. The topological polar surface area (TPSA) is 66.4 Å². The smallest absolute Gasteiger partial charge is 0.315 e. The van der Waals surface area contributed by atoms with Gasteiger partial charge in [0.25, 0.3) is 0 Å². The molecule has 0 fully saturated rings. The number of rotatable bonds is 4. The molecule has 0 bridgehead atoms. The number of nitrogens with one attached hydrogen (secondary N) is 1. The number of hydrogen-bond acceptors (Lipinski definition) is 2. The van der Waals surface area contributed by atoms with Crippen LogP contribution in [0.4, 0.5) is 4.39 Å². The average Bonchev–Trinajstić information content (AvgIpc) is 1.98. The van der Waals surface area contributed by atoms with Crippen LogP contribution < -0.4 is 5.32 Å². The zero-order valence-electron chi connectivity index (χ0n) is 6.13. The molecule has 0 aromatic heterocycles. The number of carboxylic acid groups (broad SMARTS) is 1. The summed E-state index contributed by atoms with van der Waals surface area (Å²) in [6.07, 6.45) is 0. The predicted molar refractivity (Wildman–Crippen MR) is 35.8 cm³/mol. The molecule has 0 saturated carbocycles. The van der Waals surface area contributed by atoms with Crippen molar-refractivity contribution in [3.63, 3.8) is 0 Å². The Hall–Kier alpha value is -1.13. The lowest BCUT2D eigenvalue weighted by Gasteiger charge is -2.05. The van der Waals surface area contributed by atoms with Crippen LogP contribution in [0.3, 0.4) is 0 Å². The Labute approximate surface area is 63.4 Å². The Morgan fingerprint density at radius 2 is 2.18 bits per heavy atom. The molecule has 0 saturated heterocycles. The lowest BCUT2D eigenvalue weighted by molar-refractivity contribution is -0.146. The summed E-state index contributed by atoms with van der Waals surface area (Å²) in [5.74, 6) is -2.97. The standard InChI is InChI=1S/C6H10FNO3/c1-4(6(10)11)5(9)8-3-2-7/h4H,2-3H2,1H3,(H,8,9)(H,10,11). The molecular weight excluding hydrogens is 153 g/mol. The second-order valence-corrected chi connectivity index (χ2v) is 2.04. The molecule has 0 rings (SSSR count). The minimum atomic E-state index is -1.21. The zero-order valence-corrected chi connectivity index (χ0v) is 6.13. The molecule has 0 aliphatic carbocycles. The van der Waals surface area contributed by atoms with Crippen molar-refractivity contribution in [1.82, 2.24) is 5.32 Å². The first-order chi connectivity index (χ1) is 5.09. The van der Waals surface area contributed by atoms with E-state index >= 15 is 0 Å². The molecule has 0 radical (unpaired) electrons. The molecule has 1 amide bonds. The van der Waals surface area contributed by atoms with Crippen LogP contribution in [0.15, 0.2) is 0 Å². The van der Waals surface area contributed by atoms with Crippen molar-refractivity contribution in [2.45, 2.75) is 6.92 Å². The van der Waals surface area contributed by atoms with E-state index in [9.17, 15) is 14.0 Å². The summed E-state index contributed by atoms with van der Waals surface area (Å²) in [7, 11) is 0. The third-order valence-electron chi connectivity index (χ3n) is 1.16. The number of amides is 1. The zero-order chi connectivity index (χ0) is 8.85. The van der Waals surface area contributed by atoms with Gasteiger partial charge < -0.3 is 10.4 Å². The number of halogens is 1. The van der Waals surface area contributed by atoms with Gasteiger partial charge in [0.2, 0.25) is 5.91 Å². The summed E-state index contributed by atoms with van der Waals surface area (Å²) in [5.41, 5.74) is 0. The fourth-order valence-electron chi connectivity index (χ4n) is 0.436. The van der Waals surface area contributed by atoms with Crippen LogP contribution in [0.2, 0.25) is 0 Å². The highest BCUT2D eigenvalue weighted by molar-refractivity contribution is 5.96. The Morgan fingerprint density at radius 1 is 1.64 bits per heavy atom. The van der Waals surface area contributed by atoms with Crippen LogP contribution in [0.5, 0.6) is 0 Å². The molecule has 1 atom stereocenters. The highest BCUT2D eigenvalue weighted by Gasteiger charge is 2.19. The summed E-state index contributed by atoms with van der Waals surface area (Å²) in [6, 6.07) is 0. The van der Waals surface area contributed by atoms with E-state index in [4.69, 9.17) is 5.11 Å². The molecule has 0 aliphatic rings. The van der Waals surface area contributed by atoms with Crippen LogP contribution in [0, 0.1) is 5.92 Å². The predicted octanol–water partition coefficient (Wildman–Crippen LogP) is -0.207. The van der Waals surface area contributed by atoms with Crippen molar-refractivity contribution in [2.24, 2.45) is 5.92 Å². The average molecular weight is 163 g/mol. The summed E-state index contributed by atoms with van der Waals surface area (Å²) in [6.45, 7) is 0.435. The molecule has 0 spiro atoms. The maximum absolute atomic E-state index is 11.5. The molecule has 11 heavy (non-hydrogen) atoms. The molecule has 1 unspecified atom stereocenters. The van der Waals surface area contributed by atoms with E-state index in [-0.39, 0.29) is 6.54 Å². The summed E-state index contributed by atoms with van der Waals surface area (Å²) in [5, 5.41) is 10.4. The van der Waals surface area contributed by atoms with Crippen molar-refractivity contribution in [3.05, 3.63) is 0 Å². The lowest BCUT2D eigenvalue weighted by Crippen LogP contribution is -2.34. The number of carbonyl (C=O) groups excluding carboxylic acids is 1. The van der Waals surface area contributed by atoms with Crippen molar-refractivity contribution in [3.8, 4) is 0 Å². The molecule has 4 nitrogen and oxygen atoms in total. The third kappa shape index (κ3) is 3.54. The number of carbonyl (C=O) groups is 2. The van der Waals surface area contributed by atoms with E-state index in [1.807, 2.05) is 0 Å². The van der Waals surface area contributed by atoms with Gasteiger partial charge in [-0.2, -0.15) is 0 Å². The van der Waals surface area contributed by atoms with Gasteiger partial charge in [0.15, 0.2) is 0 Å². The molecule has 2 N–H and O–H groups in total. The summed E-state index contributed by atoms with van der Waals surface area (Å²) in [4.78, 5) is 20.8. The van der Waals surface area contributed by atoms with Gasteiger partial charge in [-0.3, -0.25) is 9.59 Å². The fraction of sp³-hybridized carbons (Fsp3) is 0.667. The van der Waals surface area contributed by atoms with Crippen LogP contribution in [-0.4, -0.2) is 30.2 Å². The van der Waals surface area contributed by atoms with Gasteiger partial charge in [-0.15, -0.1) is 0 Å². The van der Waals surface area contributed by atoms with Crippen molar-refractivity contribution >= 4 is 11.9 Å². The van der Waals surface area contributed by atoms with Gasteiger partial charge in [-0.25, -0.2) is 4.39 Å². The van der Waals surface area contributed by atoms with Crippen LogP contribution in [0.1, 0.15) is 6.92 Å². The van der Waals surface area contributed by atoms with Crippen molar-refractivity contribution in [2.75, 3.05) is 13.2 Å². The fourth-order valence-corrected chi connectivity index (χ4v) is 0.436. The molecule has 5 heteroatoms. The minimum Gasteiger partial charge on any atom is -0.481 e. The van der Waals surface area contributed by atoms with Gasteiger partial charge in [0, 0.05) is 6.54 Å². The van der Waals surface area contributed by atoms with Crippen molar-refractivity contribution < 1.29 is 19.1 Å². The normalized spacial score (nSPS) is 12.2. The monoisotopic (exact) mass is 163 g/mol. The Balaban J connectivity index is 3.74. The highest BCUT2D eigenvalue weighted by atomic mass is 19.1. The Kier molecular flexibility index (Phi) is 4.17. The third-order valence-corrected chi connectivity index (χ3v) is 1.16. The van der Waals surface area contributed by atoms with Crippen LogP contribution >= 0.6 is 0 Å². The second-order valence-electron chi connectivity index (χ2n) is 2.04. The van der Waals surface area contributed by atoms with E-state index in [0.29, 0.717) is 0 Å². The van der Waals surface area contributed by atoms with Crippen molar-refractivity contribution in [1.29, 1.82) is 0 Å². The van der Waals surface area contributed by atoms with Crippen LogP contribution in [0.25, 0.3) is 0 Å². The molecule has 0 aromatic carbocycles. The molecule has 0 aromatic rings. The molecule has 0 aliphatic heterocycles. The van der Waals surface area contributed by atoms with Crippen LogP contribution in [-0.2, 0) is 9.59 Å². The number of hydrogen-bond donors (Lipinski definition) is 2. The number of carboxylic acids is 1. The Morgan fingerprint density at radius 3 is 2.55 bits per heavy atom. The Bertz CT molecular complexity index is 160. The summed E-state index contributed by atoms with van der Waals surface area (Å²) < 4.78 is 11.5.